The number of nitrogens with one attached hydrogen (secondary N) is 4. The molecule has 2 fully saturated rings. The van der Waals surface area contributed by atoms with E-state index in [-0.39, 0.29) is 42.0 Å². The Labute approximate surface area is 323 Å². The van der Waals surface area contributed by atoms with E-state index < -0.39 is 18.0 Å². The fraction of sp³-hybridized carbons (Fsp3) is 0.553. The number of imide groups is 1. The number of amides is 4. The zero-order valence-corrected chi connectivity index (χ0v) is 32.1. The van der Waals surface area contributed by atoms with Gasteiger partial charge in [0, 0.05) is 44.3 Å². The van der Waals surface area contributed by atoms with Gasteiger partial charge in [0.1, 0.15) is 23.7 Å². The lowest BCUT2D eigenvalue weighted by Crippen LogP contribution is -2.44. The number of hydrogen-bond acceptors (Lipinski definition) is 11. The summed E-state index contributed by atoms with van der Waals surface area (Å²) in [6, 6.07) is 8.53. The number of anilines is 1. The molecule has 1 aromatic carbocycles. The molecule has 3 aromatic heterocycles. The van der Waals surface area contributed by atoms with Gasteiger partial charge in [0.25, 0.3) is 5.91 Å². The molecule has 1 unspecified atom stereocenters. The first kappa shape index (κ1) is 40.3. The molecule has 0 spiro atoms. The van der Waals surface area contributed by atoms with E-state index in [1.807, 2.05) is 38.1 Å². The predicted molar refractivity (Wildman–Crippen MR) is 203 cm³/mol. The van der Waals surface area contributed by atoms with Crippen molar-refractivity contribution in [3.8, 4) is 0 Å². The first-order chi connectivity index (χ1) is 27.1. The van der Waals surface area contributed by atoms with Crippen molar-refractivity contribution in [2.45, 2.75) is 89.4 Å². The minimum Gasteiger partial charge on any atom is -0.446 e. The number of ether oxygens (including phenoxy) is 4. The average molecular weight is 778 g/mol. The Bertz CT molecular complexity index is 2050. The minimum absolute atomic E-state index is 0.0116. The van der Waals surface area contributed by atoms with Gasteiger partial charge in [0.2, 0.25) is 11.8 Å². The summed E-state index contributed by atoms with van der Waals surface area (Å²) in [7, 11) is 1.68. The van der Waals surface area contributed by atoms with Crippen LogP contribution in [0.4, 0.5) is 10.6 Å². The smallest absolute Gasteiger partial charge is 0.407 e. The maximum absolute atomic E-state index is 13.0. The third-order valence-electron chi connectivity index (χ3n) is 9.90. The van der Waals surface area contributed by atoms with E-state index in [1.54, 1.807) is 24.0 Å². The number of H-pyrrole nitrogens is 1. The highest BCUT2D eigenvalue weighted by molar-refractivity contribution is 6.02. The van der Waals surface area contributed by atoms with Crippen LogP contribution in [0, 0.1) is 0 Å². The van der Waals surface area contributed by atoms with Crippen LogP contribution in [0.3, 0.4) is 0 Å². The van der Waals surface area contributed by atoms with Crippen LogP contribution in [-0.2, 0) is 48.5 Å². The average Bonchev–Trinajstić information content (AvgIpc) is 3.97. The van der Waals surface area contributed by atoms with Gasteiger partial charge < -0.3 is 29.6 Å². The van der Waals surface area contributed by atoms with Gasteiger partial charge in [0.05, 0.1) is 56.3 Å². The zero-order valence-electron chi connectivity index (χ0n) is 32.1. The van der Waals surface area contributed by atoms with Gasteiger partial charge in [-0.1, -0.05) is 6.07 Å². The highest BCUT2D eigenvalue weighted by atomic mass is 16.6. The summed E-state index contributed by atoms with van der Waals surface area (Å²) in [4.78, 5) is 61.9. The maximum atomic E-state index is 13.0. The molecule has 18 nitrogen and oxygen atoms in total. The van der Waals surface area contributed by atoms with Gasteiger partial charge >= 0.3 is 11.8 Å². The Morgan fingerprint density at radius 2 is 1.71 bits per heavy atom. The first-order valence-corrected chi connectivity index (χ1v) is 19.2. The summed E-state index contributed by atoms with van der Waals surface area (Å²) in [6.45, 7) is 6.69. The van der Waals surface area contributed by atoms with Crippen LogP contribution in [0.15, 0.2) is 41.3 Å². The van der Waals surface area contributed by atoms with Crippen molar-refractivity contribution in [1.29, 1.82) is 0 Å². The number of nitrogens with zero attached hydrogens (tertiary/aromatic N) is 5. The molecule has 4 amide bonds. The van der Waals surface area contributed by atoms with E-state index >= 15 is 0 Å². The number of imidazole rings is 1. The van der Waals surface area contributed by atoms with Crippen LogP contribution in [-0.4, -0.2) is 105 Å². The van der Waals surface area contributed by atoms with Gasteiger partial charge in [-0.3, -0.25) is 38.6 Å². The molecule has 1 saturated carbocycles. The number of fused-ring (bicyclic) bond motifs is 1. The molecule has 4 aromatic rings. The zero-order chi connectivity index (χ0) is 39.6. The highest BCUT2D eigenvalue weighted by Crippen LogP contribution is 2.36. The SMILES string of the molecule is CC(C)NC(=O)O[C@@H]1CC[C@H](c2cc(NC(=O)c3ccnn3CCOCCOCCOCCCc3ccc4c(c3)n(C)c(=O)n4C3CCC(=O)NC3=O)[nH]n2)C1. The molecular formula is C38H51N9O9. The van der Waals surface area contributed by atoms with Crippen LogP contribution in [0.25, 0.3) is 11.0 Å². The van der Waals surface area contributed by atoms with E-state index in [9.17, 15) is 24.0 Å². The van der Waals surface area contributed by atoms with Gasteiger partial charge in [-0.2, -0.15) is 10.2 Å². The Morgan fingerprint density at radius 3 is 2.48 bits per heavy atom. The monoisotopic (exact) mass is 777 g/mol. The normalized spacial score (nSPS) is 18.5. The molecule has 2 aliphatic rings. The molecular weight excluding hydrogens is 726 g/mol. The van der Waals surface area contributed by atoms with Crippen LogP contribution in [0.5, 0.6) is 0 Å². The third-order valence-corrected chi connectivity index (χ3v) is 9.90. The molecule has 18 heteroatoms. The number of carbonyl (C=O) groups is 4. The van der Waals surface area contributed by atoms with Crippen molar-refractivity contribution in [2.75, 3.05) is 45.0 Å². The third kappa shape index (κ3) is 10.3. The Balaban J connectivity index is 0.819. The lowest BCUT2D eigenvalue weighted by Gasteiger charge is -2.21. The quantitative estimate of drug-likeness (QED) is 0.0803. The van der Waals surface area contributed by atoms with Crippen molar-refractivity contribution in [2.24, 2.45) is 7.05 Å². The van der Waals surface area contributed by atoms with E-state index in [1.165, 1.54) is 9.13 Å². The van der Waals surface area contributed by atoms with Gasteiger partial charge in [0.15, 0.2) is 0 Å². The Hall–Kier alpha value is -5.33. The number of piperidine rings is 1. The lowest BCUT2D eigenvalue weighted by atomic mass is 10.0. The summed E-state index contributed by atoms with van der Waals surface area (Å²) >= 11 is 0. The number of aryl methyl sites for hydroxylation is 2. The standard InChI is InChI=1S/C38H51N9O9/c1-24(2)40-37(51)56-27-8-7-26(22-27)28-23-33(44-43-28)41-35(49)30-12-13-39-46(30)14-16-54-18-20-55-19-17-53-15-4-5-25-6-9-29-32(21-25)45(3)38(52)47(29)31-10-11-34(48)42-36(31)50/h6,9,12-13,21,23-24,26-27,31H,4-5,7-8,10-11,14-20,22H2,1-3H3,(H,40,51)(H,42,48,50)(H2,41,43,44,49)/t26-,27+,31?/m0/s1. The number of benzene rings is 1. The molecule has 6 rings (SSSR count). The molecule has 56 heavy (non-hydrogen) atoms. The van der Waals surface area contributed by atoms with Crippen molar-refractivity contribution in [3.05, 3.63) is 64.0 Å². The second-order valence-corrected chi connectivity index (χ2v) is 14.4. The number of carbonyl (C=O) groups excluding carboxylic acids is 4. The lowest BCUT2D eigenvalue weighted by molar-refractivity contribution is -0.135. The van der Waals surface area contributed by atoms with Crippen LogP contribution in [0.2, 0.25) is 0 Å². The molecule has 1 saturated heterocycles. The molecule has 4 N–H and O–H groups in total. The molecule has 3 atom stereocenters. The van der Waals surface area contributed by atoms with E-state index in [4.69, 9.17) is 18.9 Å². The number of aromatic amines is 1. The number of aromatic nitrogens is 6. The van der Waals surface area contributed by atoms with Crippen LogP contribution >= 0.6 is 0 Å². The fourth-order valence-electron chi connectivity index (χ4n) is 7.10. The molecule has 0 radical (unpaired) electrons. The molecule has 4 heterocycles. The minimum atomic E-state index is -0.705. The summed E-state index contributed by atoms with van der Waals surface area (Å²) in [5.74, 6) is -0.487. The van der Waals surface area contributed by atoms with Gasteiger partial charge in [-0.05, 0) is 76.1 Å². The van der Waals surface area contributed by atoms with Crippen molar-refractivity contribution < 1.29 is 38.1 Å². The van der Waals surface area contributed by atoms with E-state index in [0.29, 0.717) is 76.1 Å². The summed E-state index contributed by atoms with van der Waals surface area (Å²) in [5, 5.41) is 19.5. The van der Waals surface area contributed by atoms with Crippen molar-refractivity contribution >= 4 is 40.7 Å². The van der Waals surface area contributed by atoms with Crippen LogP contribution < -0.4 is 21.6 Å². The largest absolute Gasteiger partial charge is 0.446 e. The van der Waals surface area contributed by atoms with Gasteiger partial charge in [-0.25, -0.2) is 9.59 Å². The first-order valence-electron chi connectivity index (χ1n) is 19.2. The Morgan fingerprint density at radius 1 is 0.946 bits per heavy atom. The fourth-order valence-corrected chi connectivity index (χ4v) is 7.10. The summed E-state index contributed by atoms with van der Waals surface area (Å²) in [5.41, 5.74) is 3.37. The van der Waals surface area contributed by atoms with Crippen molar-refractivity contribution in [3.63, 3.8) is 0 Å². The van der Waals surface area contributed by atoms with Crippen LogP contribution in [0.1, 0.15) is 86.1 Å². The highest BCUT2D eigenvalue weighted by Gasteiger charge is 2.32. The Kier molecular flexibility index (Phi) is 13.7. The number of hydrogen-bond donors (Lipinski definition) is 4. The molecule has 0 bridgehead atoms. The molecule has 1 aliphatic carbocycles. The second-order valence-electron chi connectivity index (χ2n) is 14.4. The van der Waals surface area contributed by atoms with E-state index in [0.717, 1.165) is 42.5 Å². The summed E-state index contributed by atoms with van der Waals surface area (Å²) in [6.07, 6.45) is 5.30. The molecule has 1 aliphatic heterocycles. The molecule has 302 valence electrons. The van der Waals surface area contributed by atoms with E-state index in [2.05, 4.69) is 31.2 Å². The number of alkyl carbamates (subject to hydrolysis) is 1. The predicted octanol–water partition coefficient (Wildman–Crippen LogP) is 2.94. The topological polar surface area (TPSA) is 215 Å². The second kappa shape index (κ2) is 19.0. The van der Waals surface area contributed by atoms with Gasteiger partial charge in [-0.15, -0.1) is 0 Å². The number of rotatable bonds is 19. The van der Waals surface area contributed by atoms with Crippen molar-refractivity contribution in [1.82, 2.24) is 39.7 Å². The maximum Gasteiger partial charge on any atom is 0.407 e. The summed E-state index contributed by atoms with van der Waals surface area (Å²) < 4.78 is 27.2.